The molecule has 5 nitrogen and oxygen atoms in total. The van der Waals surface area contributed by atoms with Crippen molar-refractivity contribution in [2.45, 2.75) is 26.3 Å². The number of carbonyl (C=O) groups excluding carboxylic acids is 1. The smallest absolute Gasteiger partial charge is 0.254 e. The predicted octanol–water partition coefficient (Wildman–Crippen LogP) is 1.07. The van der Waals surface area contributed by atoms with E-state index in [2.05, 4.69) is 4.98 Å². The summed E-state index contributed by atoms with van der Waals surface area (Å²) in [6.07, 6.45) is 1.03. The van der Waals surface area contributed by atoms with Crippen molar-refractivity contribution in [3.8, 4) is 0 Å². The van der Waals surface area contributed by atoms with Crippen LogP contribution in [0.3, 0.4) is 0 Å². The summed E-state index contributed by atoms with van der Waals surface area (Å²) >= 11 is 5.66. The molecular formula is C11H16ClN3O2. The van der Waals surface area contributed by atoms with Crippen LogP contribution in [-0.2, 0) is 11.3 Å². The maximum Gasteiger partial charge on any atom is 0.254 e. The summed E-state index contributed by atoms with van der Waals surface area (Å²) in [7, 11) is 3.42. The molecule has 0 aromatic carbocycles. The molecule has 0 aliphatic rings. The van der Waals surface area contributed by atoms with Crippen LogP contribution < -0.4 is 5.56 Å². The first-order valence-corrected chi connectivity index (χ1v) is 5.73. The number of amides is 1. The maximum atomic E-state index is 11.6. The van der Waals surface area contributed by atoms with Gasteiger partial charge in [-0.1, -0.05) is 11.6 Å². The zero-order valence-corrected chi connectivity index (χ0v) is 11.0. The second-order valence-corrected chi connectivity index (χ2v) is 4.39. The number of hydrogen-bond donors (Lipinski definition) is 0. The van der Waals surface area contributed by atoms with Crippen LogP contribution in [0.15, 0.2) is 10.9 Å². The Bertz CT molecular complexity index is 468. The van der Waals surface area contributed by atoms with Crippen LogP contribution >= 0.6 is 11.6 Å². The number of rotatable bonds is 4. The Morgan fingerprint density at radius 1 is 1.53 bits per heavy atom. The van der Waals surface area contributed by atoms with Crippen LogP contribution in [0.5, 0.6) is 0 Å². The van der Waals surface area contributed by atoms with E-state index in [4.69, 9.17) is 11.6 Å². The van der Waals surface area contributed by atoms with Gasteiger partial charge in [-0.15, -0.1) is 0 Å². The van der Waals surface area contributed by atoms with E-state index in [1.165, 1.54) is 15.5 Å². The fraction of sp³-hybridized carbons (Fsp3) is 0.545. The third-order valence-electron chi connectivity index (χ3n) is 2.44. The lowest BCUT2D eigenvalue weighted by molar-refractivity contribution is -0.128. The minimum atomic E-state index is -0.181. The molecule has 0 bridgehead atoms. The number of halogens is 1. The minimum absolute atomic E-state index is 0.0534. The summed E-state index contributed by atoms with van der Waals surface area (Å²) in [4.78, 5) is 28.5. The molecule has 1 aromatic heterocycles. The van der Waals surface area contributed by atoms with E-state index in [9.17, 15) is 9.59 Å². The van der Waals surface area contributed by atoms with E-state index in [-0.39, 0.29) is 16.6 Å². The molecule has 0 radical (unpaired) electrons. The van der Waals surface area contributed by atoms with Gasteiger partial charge in [-0.05, 0) is 13.3 Å². The highest BCUT2D eigenvalue weighted by Crippen LogP contribution is 2.03. The molecule has 17 heavy (non-hydrogen) atoms. The zero-order valence-electron chi connectivity index (χ0n) is 10.2. The Balaban J connectivity index is 2.65. The van der Waals surface area contributed by atoms with Gasteiger partial charge in [-0.2, -0.15) is 0 Å². The van der Waals surface area contributed by atoms with E-state index in [1.54, 1.807) is 21.0 Å². The van der Waals surface area contributed by atoms with Gasteiger partial charge in [0.1, 0.15) is 11.0 Å². The van der Waals surface area contributed by atoms with Crippen LogP contribution in [0.4, 0.5) is 0 Å². The topological polar surface area (TPSA) is 55.2 Å². The Morgan fingerprint density at radius 2 is 2.18 bits per heavy atom. The number of aryl methyl sites for hydroxylation is 1. The molecule has 0 N–H and O–H groups in total. The van der Waals surface area contributed by atoms with Crippen molar-refractivity contribution in [1.82, 2.24) is 14.5 Å². The van der Waals surface area contributed by atoms with E-state index in [0.29, 0.717) is 25.2 Å². The molecular weight excluding hydrogens is 242 g/mol. The largest absolute Gasteiger partial charge is 0.349 e. The Labute approximate surface area is 105 Å². The highest BCUT2D eigenvalue weighted by atomic mass is 35.5. The molecule has 0 saturated carbocycles. The van der Waals surface area contributed by atoms with Crippen molar-refractivity contribution < 1.29 is 4.79 Å². The van der Waals surface area contributed by atoms with E-state index in [1.807, 2.05) is 0 Å². The van der Waals surface area contributed by atoms with E-state index < -0.39 is 0 Å². The Morgan fingerprint density at radius 3 is 2.71 bits per heavy atom. The Hall–Kier alpha value is -1.36. The summed E-state index contributed by atoms with van der Waals surface area (Å²) in [5.41, 5.74) is -0.181. The molecule has 0 aliphatic heterocycles. The Kier molecular flexibility index (Phi) is 4.69. The molecule has 1 rings (SSSR count). The fourth-order valence-electron chi connectivity index (χ4n) is 1.47. The van der Waals surface area contributed by atoms with Crippen molar-refractivity contribution in [1.29, 1.82) is 0 Å². The summed E-state index contributed by atoms with van der Waals surface area (Å²) in [6, 6.07) is 1.28. The SMILES string of the molecule is Cc1nc(Cl)cc(=O)n1CCCC(=O)N(C)C. The van der Waals surface area contributed by atoms with Crippen molar-refractivity contribution >= 4 is 17.5 Å². The highest BCUT2D eigenvalue weighted by Gasteiger charge is 2.06. The summed E-state index contributed by atoms with van der Waals surface area (Å²) in [5.74, 6) is 0.623. The first-order chi connectivity index (χ1) is 7.91. The maximum absolute atomic E-state index is 11.6. The van der Waals surface area contributed by atoms with Crippen LogP contribution in [0.1, 0.15) is 18.7 Å². The monoisotopic (exact) mass is 257 g/mol. The molecule has 0 aliphatic carbocycles. The first kappa shape index (κ1) is 13.7. The molecule has 6 heteroatoms. The predicted molar refractivity (Wildman–Crippen MR) is 66.2 cm³/mol. The van der Waals surface area contributed by atoms with Gasteiger partial charge in [0.15, 0.2) is 0 Å². The molecule has 0 saturated heterocycles. The average molecular weight is 258 g/mol. The molecule has 1 heterocycles. The molecule has 0 unspecified atom stereocenters. The number of carbonyl (C=O) groups is 1. The van der Waals surface area contributed by atoms with Crippen LogP contribution in [0, 0.1) is 6.92 Å². The average Bonchev–Trinajstić information content (AvgIpc) is 2.21. The lowest BCUT2D eigenvalue weighted by Crippen LogP contribution is -2.25. The van der Waals surface area contributed by atoms with Crippen LogP contribution in [-0.4, -0.2) is 34.5 Å². The molecule has 1 amide bonds. The normalized spacial score (nSPS) is 10.4. The number of aromatic nitrogens is 2. The summed E-state index contributed by atoms with van der Waals surface area (Å²) in [5, 5.41) is 0.202. The molecule has 0 spiro atoms. The van der Waals surface area contributed by atoms with Gasteiger partial charge in [0.25, 0.3) is 5.56 Å². The second-order valence-electron chi connectivity index (χ2n) is 4.01. The third kappa shape index (κ3) is 3.85. The molecule has 0 atom stereocenters. The summed E-state index contributed by atoms with van der Waals surface area (Å²) in [6.45, 7) is 2.20. The van der Waals surface area contributed by atoms with Crippen molar-refractivity contribution in [2.75, 3.05) is 14.1 Å². The van der Waals surface area contributed by atoms with Gasteiger partial charge >= 0.3 is 0 Å². The quantitative estimate of drug-likeness (QED) is 0.759. The fourth-order valence-corrected chi connectivity index (χ4v) is 1.69. The standard InChI is InChI=1S/C11H16ClN3O2/c1-8-13-9(12)7-11(17)15(8)6-4-5-10(16)14(2)3/h7H,4-6H2,1-3H3. The molecule has 1 aromatic rings. The van der Waals surface area contributed by atoms with Crippen LogP contribution in [0.25, 0.3) is 0 Å². The van der Waals surface area contributed by atoms with Gasteiger partial charge in [0, 0.05) is 33.1 Å². The van der Waals surface area contributed by atoms with Gasteiger partial charge in [0.05, 0.1) is 0 Å². The van der Waals surface area contributed by atoms with E-state index >= 15 is 0 Å². The van der Waals surface area contributed by atoms with E-state index in [0.717, 1.165) is 0 Å². The van der Waals surface area contributed by atoms with Crippen molar-refractivity contribution in [2.24, 2.45) is 0 Å². The minimum Gasteiger partial charge on any atom is -0.349 e. The lowest BCUT2D eigenvalue weighted by atomic mass is 10.3. The second kappa shape index (κ2) is 5.82. The number of nitrogens with zero attached hydrogens (tertiary/aromatic N) is 3. The van der Waals surface area contributed by atoms with Crippen molar-refractivity contribution in [3.05, 3.63) is 27.4 Å². The zero-order chi connectivity index (χ0) is 13.0. The highest BCUT2D eigenvalue weighted by molar-refractivity contribution is 6.29. The van der Waals surface area contributed by atoms with Crippen molar-refractivity contribution in [3.63, 3.8) is 0 Å². The first-order valence-electron chi connectivity index (χ1n) is 5.36. The van der Waals surface area contributed by atoms with Crippen LogP contribution in [0.2, 0.25) is 5.15 Å². The van der Waals surface area contributed by atoms with Gasteiger partial charge in [-0.3, -0.25) is 14.2 Å². The third-order valence-corrected chi connectivity index (χ3v) is 2.63. The lowest BCUT2D eigenvalue weighted by Gasteiger charge is -2.11. The van der Waals surface area contributed by atoms with Gasteiger partial charge < -0.3 is 4.90 Å². The van der Waals surface area contributed by atoms with Gasteiger partial charge in [-0.25, -0.2) is 4.98 Å². The van der Waals surface area contributed by atoms with Gasteiger partial charge in [0.2, 0.25) is 5.91 Å². The summed E-state index contributed by atoms with van der Waals surface area (Å²) < 4.78 is 1.52. The molecule has 0 fully saturated rings. The number of hydrogen-bond acceptors (Lipinski definition) is 3. The molecule has 94 valence electrons.